The Balaban J connectivity index is 1.54. The third-order valence-electron chi connectivity index (χ3n) is 9.40. The molecule has 2 saturated heterocycles. The van der Waals surface area contributed by atoms with E-state index in [2.05, 4.69) is 4.99 Å². The van der Waals surface area contributed by atoms with Crippen LogP contribution in [0.4, 0.5) is 0 Å². The third kappa shape index (κ3) is 9.50. The van der Waals surface area contributed by atoms with Gasteiger partial charge in [-0.05, 0) is 12.3 Å². The van der Waals surface area contributed by atoms with Crippen LogP contribution in [-0.4, -0.2) is 173 Å². The highest BCUT2D eigenvalue weighted by Gasteiger charge is 2.54. The van der Waals surface area contributed by atoms with Crippen molar-refractivity contribution >= 4 is 11.7 Å². The first-order chi connectivity index (χ1) is 23.7. The normalized spacial score (nSPS) is 44.2. The Bertz CT molecular complexity index is 1150. The van der Waals surface area contributed by atoms with Crippen LogP contribution in [0.1, 0.15) is 19.3 Å². The Kier molecular flexibility index (Phi) is 14.8. The number of Topliss-reactive ketones (excluding diaryl/α,β-unsaturated/α-hetero) is 1. The molecule has 0 spiro atoms. The van der Waals surface area contributed by atoms with E-state index in [0.29, 0.717) is 0 Å². The lowest BCUT2D eigenvalue weighted by Crippen LogP contribution is -2.64. The lowest BCUT2D eigenvalue weighted by Gasteiger charge is -2.46. The van der Waals surface area contributed by atoms with E-state index in [1.165, 1.54) is 0 Å². The summed E-state index contributed by atoms with van der Waals surface area (Å²) < 4.78 is 35.5. The predicted octanol–water partition coefficient (Wildman–Crippen LogP) is -7.79. The molecular formula is C29H54N8O13. The van der Waals surface area contributed by atoms with Crippen molar-refractivity contribution in [3.8, 4) is 0 Å². The van der Waals surface area contributed by atoms with E-state index in [0.717, 1.165) is 0 Å². The van der Waals surface area contributed by atoms with Gasteiger partial charge in [0.2, 0.25) is 0 Å². The summed E-state index contributed by atoms with van der Waals surface area (Å²) in [5.41, 5.74) is 40.8. The predicted molar refractivity (Wildman–Crippen MR) is 172 cm³/mol. The zero-order valence-electron chi connectivity index (χ0n) is 27.5. The minimum absolute atomic E-state index is 0.00109. The van der Waals surface area contributed by atoms with E-state index in [-0.39, 0.29) is 44.9 Å². The molecule has 288 valence electrons. The summed E-state index contributed by atoms with van der Waals surface area (Å²) in [5, 5.41) is 64.2. The van der Waals surface area contributed by atoms with Crippen molar-refractivity contribution in [2.75, 3.05) is 26.2 Å². The summed E-state index contributed by atoms with van der Waals surface area (Å²) in [6.07, 6.45) is -15.1. The molecule has 0 aromatic heterocycles. The number of aliphatic hydroxyl groups excluding tert-OH is 6. The van der Waals surface area contributed by atoms with E-state index in [4.69, 9.17) is 68.6 Å². The molecule has 0 aromatic rings. The molecule has 18 atom stereocenters. The van der Waals surface area contributed by atoms with Crippen molar-refractivity contribution in [1.29, 1.82) is 0 Å². The fraction of sp³-hybridized carbons (Fsp3) is 0.862. The highest BCUT2D eigenvalue weighted by molar-refractivity contribution is 5.83. The molecule has 4 aliphatic rings. The summed E-state index contributed by atoms with van der Waals surface area (Å²) in [6, 6.07) is -2.92. The lowest BCUT2D eigenvalue weighted by molar-refractivity contribution is -0.286. The fourth-order valence-electron chi connectivity index (χ4n) is 6.52. The molecule has 0 unspecified atom stereocenters. The molecule has 1 aliphatic carbocycles. The van der Waals surface area contributed by atoms with Crippen molar-refractivity contribution in [3.05, 3.63) is 12.2 Å². The van der Waals surface area contributed by atoms with Gasteiger partial charge in [0, 0.05) is 38.5 Å². The Labute approximate surface area is 288 Å². The highest BCUT2D eigenvalue weighted by atomic mass is 16.8. The molecule has 0 bridgehead atoms. The van der Waals surface area contributed by atoms with E-state index in [1.807, 2.05) is 0 Å². The molecular weight excluding hydrogens is 668 g/mol. The van der Waals surface area contributed by atoms with Crippen LogP contribution >= 0.6 is 0 Å². The zero-order chi connectivity index (χ0) is 36.9. The molecule has 0 aromatic carbocycles. The highest BCUT2D eigenvalue weighted by Crippen LogP contribution is 2.37. The summed E-state index contributed by atoms with van der Waals surface area (Å²) in [6.45, 7) is -0.731. The third-order valence-corrected chi connectivity index (χ3v) is 9.40. The van der Waals surface area contributed by atoms with Crippen LogP contribution in [0.2, 0.25) is 0 Å². The van der Waals surface area contributed by atoms with Gasteiger partial charge in [-0.15, -0.1) is 0 Å². The summed E-state index contributed by atoms with van der Waals surface area (Å²) in [7, 11) is 0. The van der Waals surface area contributed by atoms with Crippen molar-refractivity contribution in [2.24, 2.45) is 51.0 Å². The van der Waals surface area contributed by atoms with Gasteiger partial charge in [-0.2, -0.15) is 0 Å². The first kappa shape index (κ1) is 40.8. The minimum Gasteiger partial charge on any atom is -0.394 e. The molecule has 3 aliphatic heterocycles. The number of carbonyl (C=O) groups is 1. The molecule has 0 radical (unpaired) electrons. The average Bonchev–Trinajstić information content (AvgIpc) is 3.38. The van der Waals surface area contributed by atoms with Crippen molar-refractivity contribution in [1.82, 2.24) is 0 Å². The molecule has 3 fully saturated rings. The van der Waals surface area contributed by atoms with Gasteiger partial charge >= 0.3 is 0 Å². The molecule has 50 heavy (non-hydrogen) atoms. The largest absolute Gasteiger partial charge is 0.394 e. The lowest BCUT2D eigenvalue weighted by atomic mass is 9.76. The molecule has 4 rings (SSSR count). The molecule has 0 amide bonds. The number of hydrogen-bond acceptors (Lipinski definition) is 19. The molecule has 3 heterocycles. The topological polar surface area (TPSA) is 388 Å². The monoisotopic (exact) mass is 722 g/mol. The number of ether oxygens (including phenoxy) is 6. The Morgan fingerprint density at radius 1 is 0.820 bits per heavy atom. The summed E-state index contributed by atoms with van der Waals surface area (Å²) in [5.74, 6) is -1.65. The van der Waals surface area contributed by atoms with E-state index in [9.17, 15) is 35.4 Å². The van der Waals surface area contributed by atoms with Gasteiger partial charge in [-0.25, -0.2) is 0 Å². The van der Waals surface area contributed by atoms with Gasteiger partial charge in [-0.1, -0.05) is 12.2 Å². The van der Waals surface area contributed by atoms with Gasteiger partial charge in [0.15, 0.2) is 30.6 Å². The second-order valence-corrected chi connectivity index (χ2v) is 13.0. The molecule has 21 nitrogen and oxygen atoms in total. The maximum atomic E-state index is 13.0. The van der Waals surface area contributed by atoms with Crippen LogP contribution in [0.25, 0.3) is 0 Å². The van der Waals surface area contributed by atoms with Crippen LogP contribution in [-0.2, 0) is 33.2 Å². The molecule has 21 heteroatoms. The van der Waals surface area contributed by atoms with Crippen molar-refractivity contribution < 1.29 is 63.9 Å². The maximum absolute atomic E-state index is 13.0. The summed E-state index contributed by atoms with van der Waals surface area (Å²) >= 11 is 0. The van der Waals surface area contributed by atoms with Crippen molar-refractivity contribution in [3.63, 3.8) is 0 Å². The number of carbonyl (C=O) groups excluding carboxylic acids is 1. The fourth-order valence-corrected chi connectivity index (χ4v) is 6.52. The quantitative estimate of drug-likeness (QED) is 0.0424. The second-order valence-electron chi connectivity index (χ2n) is 13.0. The number of guanidine groups is 1. The average molecular weight is 723 g/mol. The van der Waals surface area contributed by atoms with Crippen LogP contribution in [0.3, 0.4) is 0 Å². The molecule has 20 N–H and O–H groups in total. The van der Waals surface area contributed by atoms with Gasteiger partial charge in [0.05, 0.1) is 30.9 Å². The number of nitrogens with zero attached hydrogens (tertiary/aromatic N) is 1. The van der Waals surface area contributed by atoms with Gasteiger partial charge in [0.1, 0.15) is 54.9 Å². The van der Waals surface area contributed by atoms with E-state index in [1.54, 1.807) is 12.2 Å². The molecule has 1 saturated carbocycles. The van der Waals surface area contributed by atoms with Gasteiger partial charge in [0.25, 0.3) is 0 Å². The Hall–Kier alpha value is -2.00. The van der Waals surface area contributed by atoms with Crippen LogP contribution < -0.4 is 40.1 Å². The summed E-state index contributed by atoms with van der Waals surface area (Å²) in [4.78, 5) is 16.7. The number of rotatable bonds is 15. The first-order valence-electron chi connectivity index (χ1n) is 16.6. The van der Waals surface area contributed by atoms with Crippen LogP contribution in [0, 0.1) is 5.92 Å². The van der Waals surface area contributed by atoms with Crippen LogP contribution in [0.15, 0.2) is 17.1 Å². The maximum Gasteiger partial charge on any atom is 0.187 e. The van der Waals surface area contributed by atoms with Gasteiger partial charge in [-0.3, -0.25) is 9.79 Å². The van der Waals surface area contributed by atoms with E-state index < -0.39 is 122 Å². The smallest absolute Gasteiger partial charge is 0.187 e. The number of aliphatic hydroxyl groups is 6. The van der Waals surface area contributed by atoms with Crippen LogP contribution in [0.5, 0.6) is 0 Å². The van der Waals surface area contributed by atoms with Crippen molar-refractivity contribution in [2.45, 2.75) is 123 Å². The van der Waals surface area contributed by atoms with Gasteiger partial charge < -0.3 is 99.2 Å². The second kappa shape index (κ2) is 18.2. The Morgan fingerprint density at radius 2 is 1.48 bits per heavy atom. The minimum atomic E-state index is -1.65. The number of aliphatic imine (C=N–C) groups is 1. The standard InChI is InChI=1S/C29H54N8O13/c30-7-11-1-2-12(32)26(45-11)48-23-13(33)5-10(6-15(40)14(39)3-4-37-29(35)36)19(41)25(23)50-28-22(44)24(17(9-38)47-28)49-27-18(34)21(43)20(42)16(8-31)46-27/h1-2,10-14,16-28,38-39,41-44H,3-9,30-34H2,(H4,35,36,37)/t10-,11-,12+,13-,14-,16-,17+,18+,19-,20+,21+,22+,23+,24+,25+,26+,27+,28-/m0/s1. The Morgan fingerprint density at radius 3 is 2.12 bits per heavy atom. The van der Waals surface area contributed by atoms with E-state index >= 15 is 0 Å². The number of ketones is 1. The SMILES string of the molecule is NC[C@@H]1O[C@H](O[C@H]2[C@@H](O)[C@H](O[C@@H]3[C@@H](O)[C@H](CC(=O)[C@@H](O)CCN=C(N)N)C[C@H](N)[C@H]3O[C@H]3O[C@H](CN)C=C[C@H]3N)O[C@@H]2CO)[C@H](N)[C@@H](O)[C@@H]1O. The first-order valence-corrected chi connectivity index (χ1v) is 16.6. The zero-order valence-corrected chi connectivity index (χ0v) is 27.5. The number of hydrogen-bond donors (Lipinski definition) is 13. The number of nitrogens with two attached hydrogens (primary N) is 7.